The summed E-state index contributed by atoms with van der Waals surface area (Å²) >= 11 is 6.44. The zero-order chi connectivity index (χ0) is 24.9. The van der Waals surface area contributed by atoms with Crippen LogP contribution in [0.4, 0.5) is 20.3 Å². The summed E-state index contributed by atoms with van der Waals surface area (Å²) in [6.07, 6.45) is 0.178. The van der Waals surface area contributed by atoms with Gasteiger partial charge in [0.2, 0.25) is 6.79 Å². The third-order valence-electron chi connectivity index (χ3n) is 6.61. The number of fused-ring (bicyclic) bond motifs is 2. The van der Waals surface area contributed by atoms with Crippen LogP contribution < -0.4 is 24.3 Å². The summed E-state index contributed by atoms with van der Waals surface area (Å²) in [5.74, 6) is -1.19. The molecule has 3 aromatic rings. The molecule has 190 valence electrons. The van der Waals surface area contributed by atoms with Crippen molar-refractivity contribution >= 4 is 34.0 Å². The van der Waals surface area contributed by atoms with Gasteiger partial charge in [-0.2, -0.15) is 0 Å². The zero-order valence-electron chi connectivity index (χ0n) is 19.3. The summed E-state index contributed by atoms with van der Waals surface area (Å²) < 4.78 is 58.0. The standard InChI is InChI=1S/C24H23ClF2N4O5/c1-32-14-6-16-20(18(7-14)36-19-4-5-31(10-24(19,26)27)13-8-33-9-13)23(29-11-28-16)30-21-15(25)2-3-17-22(21)35-12-34-17/h2-3,6-7,11,13,19H,4-5,8-10,12H2,1H3,(H,28,29,30)/t19-/m1/s1. The number of piperidine rings is 1. The molecular weight excluding hydrogens is 498 g/mol. The average Bonchev–Trinajstić information content (AvgIpc) is 3.30. The SMILES string of the molecule is COc1cc(O[C@@H]2CCN(C3COC3)CC2(F)F)c2c(Nc3c(Cl)ccc4c3OCO4)ncnc2c1. The number of rotatable bonds is 6. The topological polar surface area (TPSA) is 87.2 Å². The number of nitrogens with zero attached hydrogens (tertiary/aromatic N) is 3. The summed E-state index contributed by atoms with van der Waals surface area (Å²) in [4.78, 5) is 10.4. The predicted molar refractivity (Wildman–Crippen MR) is 127 cm³/mol. The lowest BCUT2D eigenvalue weighted by Crippen LogP contribution is -2.60. The number of alkyl halides is 2. The highest BCUT2D eigenvalue weighted by molar-refractivity contribution is 6.34. The zero-order valence-corrected chi connectivity index (χ0v) is 20.1. The van der Waals surface area contributed by atoms with Crippen LogP contribution in [-0.4, -0.2) is 73.1 Å². The minimum absolute atomic E-state index is 0.0298. The van der Waals surface area contributed by atoms with Crippen molar-refractivity contribution in [2.45, 2.75) is 24.5 Å². The molecule has 3 aliphatic rings. The van der Waals surface area contributed by atoms with E-state index < -0.39 is 18.6 Å². The van der Waals surface area contributed by atoms with Crippen LogP contribution in [-0.2, 0) is 4.74 Å². The Morgan fingerprint density at radius 3 is 2.81 bits per heavy atom. The van der Waals surface area contributed by atoms with E-state index in [4.69, 9.17) is 35.3 Å². The fourth-order valence-electron chi connectivity index (χ4n) is 4.61. The predicted octanol–water partition coefficient (Wildman–Crippen LogP) is 4.25. The Hall–Kier alpha value is -3.15. The van der Waals surface area contributed by atoms with Crippen molar-refractivity contribution in [2.24, 2.45) is 0 Å². The number of aromatic nitrogens is 2. The third kappa shape index (κ3) is 4.10. The molecule has 0 bridgehead atoms. The number of likely N-dealkylation sites (tertiary alicyclic amines) is 1. The van der Waals surface area contributed by atoms with Gasteiger partial charge in [0.25, 0.3) is 5.92 Å². The van der Waals surface area contributed by atoms with Crippen molar-refractivity contribution in [3.05, 3.63) is 35.6 Å². The highest BCUT2D eigenvalue weighted by atomic mass is 35.5. The molecule has 3 aliphatic heterocycles. The number of benzene rings is 2. The van der Waals surface area contributed by atoms with Gasteiger partial charge in [0, 0.05) is 25.1 Å². The normalized spacial score (nSPS) is 21.3. The number of nitrogens with one attached hydrogen (secondary N) is 1. The first kappa shape index (κ1) is 23.3. The van der Waals surface area contributed by atoms with Gasteiger partial charge in [-0.1, -0.05) is 11.6 Å². The van der Waals surface area contributed by atoms with Crippen LogP contribution in [0, 0.1) is 0 Å². The van der Waals surface area contributed by atoms with Gasteiger partial charge in [-0.3, -0.25) is 4.90 Å². The number of halogens is 3. The van der Waals surface area contributed by atoms with Crippen LogP contribution in [0.3, 0.4) is 0 Å². The molecule has 2 fully saturated rings. The second kappa shape index (κ2) is 9.06. The van der Waals surface area contributed by atoms with Gasteiger partial charge < -0.3 is 29.0 Å². The molecule has 0 spiro atoms. The van der Waals surface area contributed by atoms with E-state index in [1.165, 1.54) is 13.4 Å². The smallest absolute Gasteiger partial charge is 0.296 e. The van der Waals surface area contributed by atoms with E-state index in [1.54, 1.807) is 29.2 Å². The van der Waals surface area contributed by atoms with Gasteiger partial charge in [0.1, 0.15) is 29.3 Å². The fourth-order valence-corrected chi connectivity index (χ4v) is 4.80. The Balaban J connectivity index is 1.37. The molecule has 36 heavy (non-hydrogen) atoms. The van der Waals surface area contributed by atoms with Crippen molar-refractivity contribution in [2.75, 3.05) is 45.5 Å². The maximum Gasteiger partial charge on any atom is 0.296 e. The van der Waals surface area contributed by atoms with Crippen molar-refractivity contribution in [1.82, 2.24) is 14.9 Å². The molecule has 12 heteroatoms. The van der Waals surface area contributed by atoms with Gasteiger partial charge >= 0.3 is 0 Å². The van der Waals surface area contributed by atoms with Crippen molar-refractivity contribution in [1.29, 1.82) is 0 Å². The van der Waals surface area contributed by atoms with E-state index in [0.717, 1.165) is 0 Å². The summed E-state index contributed by atoms with van der Waals surface area (Å²) in [5.41, 5.74) is 0.893. The van der Waals surface area contributed by atoms with E-state index >= 15 is 8.78 Å². The minimum Gasteiger partial charge on any atom is -0.497 e. The molecule has 0 saturated carbocycles. The molecule has 2 saturated heterocycles. The minimum atomic E-state index is -3.07. The molecular formula is C24H23ClF2N4O5. The quantitative estimate of drug-likeness (QED) is 0.512. The molecule has 4 heterocycles. The molecule has 1 atom stereocenters. The van der Waals surface area contributed by atoms with E-state index in [0.29, 0.717) is 64.4 Å². The van der Waals surface area contributed by atoms with Gasteiger partial charge in [0.15, 0.2) is 17.6 Å². The molecule has 0 amide bonds. The Bertz CT molecular complexity index is 1310. The molecule has 0 radical (unpaired) electrons. The van der Waals surface area contributed by atoms with Gasteiger partial charge in [0.05, 0.1) is 48.8 Å². The first-order chi connectivity index (χ1) is 17.4. The number of methoxy groups -OCH3 is 1. The molecule has 1 aromatic heterocycles. The van der Waals surface area contributed by atoms with Gasteiger partial charge in [-0.15, -0.1) is 0 Å². The summed E-state index contributed by atoms with van der Waals surface area (Å²) in [6.45, 7) is 1.12. The molecule has 0 unspecified atom stereocenters. The van der Waals surface area contributed by atoms with Gasteiger partial charge in [-0.05, 0) is 12.1 Å². The second-order valence-corrected chi connectivity index (χ2v) is 9.25. The molecule has 6 rings (SSSR count). The first-order valence-electron chi connectivity index (χ1n) is 11.5. The van der Waals surface area contributed by atoms with Crippen LogP contribution in [0.15, 0.2) is 30.6 Å². The van der Waals surface area contributed by atoms with E-state index in [2.05, 4.69) is 15.3 Å². The summed E-state index contributed by atoms with van der Waals surface area (Å²) in [5, 5.41) is 3.96. The second-order valence-electron chi connectivity index (χ2n) is 8.84. The number of hydrogen-bond donors (Lipinski definition) is 1. The maximum atomic E-state index is 15.2. The largest absolute Gasteiger partial charge is 0.497 e. The van der Waals surface area contributed by atoms with Gasteiger partial charge in [-0.25, -0.2) is 18.7 Å². The summed E-state index contributed by atoms with van der Waals surface area (Å²) in [6, 6.07) is 6.65. The molecule has 1 N–H and O–H groups in total. The Morgan fingerprint density at radius 2 is 2.06 bits per heavy atom. The van der Waals surface area contributed by atoms with E-state index in [-0.39, 0.29) is 25.0 Å². The lowest BCUT2D eigenvalue weighted by Gasteiger charge is -2.44. The van der Waals surface area contributed by atoms with Crippen molar-refractivity contribution in [3.8, 4) is 23.0 Å². The number of ether oxygens (including phenoxy) is 5. The van der Waals surface area contributed by atoms with Crippen LogP contribution in [0.2, 0.25) is 5.02 Å². The monoisotopic (exact) mass is 520 g/mol. The molecule has 9 nitrogen and oxygen atoms in total. The fraction of sp³-hybridized carbons (Fsp3) is 0.417. The molecule has 0 aliphatic carbocycles. The Labute approximate surface area is 210 Å². The van der Waals surface area contributed by atoms with E-state index in [1.807, 2.05) is 0 Å². The van der Waals surface area contributed by atoms with Crippen LogP contribution >= 0.6 is 11.6 Å². The first-order valence-corrected chi connectivity index (χ1v) is 11.8. The number of anilines is 2. The highest BCUT2D eigenvalue weighted by Crippen LogP contribution is 2.46. The summed E-state index contributed by atoms with van der Waals surface area (Å²) in [7, 11) is 1.49. The lowest BCUT2D eigenvalue weighted by molar-refractivity contribution is -0.169. The lowest BCUT2D eigenvalue weighted by atomic mass is 10.0. The van der Waals surface area contributed by atoms with E-state index in [9.17, 15) is 0 Å². The van der Waals surface area contributed by atoms with Crippen LogP contribution in [0.5, 0.6) is 23.0 Å². The third-order valence-corrected chi connectivity index (χ3v) is 6.93. The van der Waals surface area contributed by atoms with Crippen molar-refractivity contribution < 1.29 is 32.5 Å². The molecule has 2 aromatic carbocycles. The van der Waals surface area contributed by atoms with Crippen molar-refractivity contribution in [3.63, 3.8) is 0 Å². The Kier molecular flexibility index (Phi) is 5.85. The Morgan fingerprint density at radius 1 is 1.19 bits per heavy atom. The maximum absolute atomic E-state index is 15.2. The van der Waals surface area contributed by atoms with Crippen LogP contribution in [0.1, 0.15) is 6.42 Å². The van der Waals surface area contributed by atoms with Crippen LogP contribution in [0.25, 0.3) is 10.9 Å². The number of hydrogen-bond acceptors (Lipinski definition) is 9. The average molecular weight is 521 g/mol. The highest BCUT2D eigenvalue weighted by Gasteiger charge is 2.49.